The maximum atomic E-state index is 12.3. The van der Waals surface area contributed by atoms with Crippen molar-refractivity contribution in [3.8, 4) is 5.75 Å². The maximum absolute atomic E-state index is 12.3. The van der Waals surface area contributed by atoms with Crippen molar-refractivity contribution < 1.29 is 5.11 Å². The molecule has 0 bridgehead atoms. The number of aromatic nitrogens is 1. The summed E-state index contributed by atoms with van der Waals surface area (Å²) in [7, 11) is 0. The molecule has 25 heavy (non-hydrogen) atoms. The van der Waals surface area contributed by atoms with Gasteiger partial charge in [-0.1, -0.05) is 29.8 Å². The number of hydrogen-bond acceptors (Lipinski definition) is 2. The van der Waals surface area contributed by atoms with E-state index in [2.05, 4.69) is 22.0 Å². The Morgan fingerprint density at radius 3 is 2.56 bits per heavy atom. The Morgan fingerprint density at radius 2 is 1.80 bits per heavy atom. The lowest BCUT2D eigenvalue weighted by Crippen LogP contribution is -2.34. The molecule has 1 saturated heterocycles. The second kappa shape index (κ2) is 6.93. The van der Waals surface area contributed by atoms with Gasteiger partial charge in [-0.05, 0) is 55.0 Å². The zero-order valence-electron chi connectivity index (χ0n) is 14.0. The minimum absolute atomic E-state index is 0.0592. The van der Waals surface area contributed by atoms with Crippen LogP contribution >= 0.6 is 11.6 Å². The molecule has 2 heterocycles. The number of fused-ring (bicyclic) bond motifs is 1. The van der Waals surface area contributed by atoms with E-state index in [-0.39, 0.29) is 5.75 Å². The van der Waals surface area contributed by atoms with Gasteiger partial charge >= 0.3 is 0 Å². The van der Waals surface area contributed by atoms with Gasteiger partial charge in [0.05, 0.1) is 16.6 Å². The van der Waals surface area contributed by atoms with Gasteiger partial charge in [0, 0.05) is 30.4 Å². The monoisotopic (exact) mass is 351 g/mol. The van der Waals surface area contributed by atoms with Crippen molar-refractivity contribution in [3.05, 3.63) is 65.3 Å². The van der Waals surface area contributed by atoms with E-state index in [9.17, 15) is 5.11 Å². The number of nitrogens with zero attached hydrogens (tertiary/aromatic N) is 2. The first-order valence-electron chi connectivity index (χ1n) is 8.75. The Morgan fingerprint density at radius 1 is 1.04 bits per heavy atom. The molecule has 1 aliphatic heterocycles. The van der Waals surface area contributed by atoms with Crippen molar-refractivity contribution >= 4 is 28.2 Å². The Balaban J connectivity index is 1.48. The summed E-state index contributed by atoms with van der Waals surface area (Å²) in [6.45, 7) is 1.96. The van der Waals surface area contributed by atoms with Crippen LogP contribution in [0.5, 0.6) is 5.75 Å². The third kappa shape index (κ3) is 3.42. The Bertz CT molecular complexity index is 865. The van der Waals surface area contributed by atoms with E-state index in [4.69, 9.17) is 11.6 Å². The molecule has 0 amide bonds. The third-order valence-electron chi connectivity index (χ3n) is 5.10. The fourth-order valence-corrected chi connectivity index (χ4v) is 3.88. The van der Waals surface area contributed by atoms with Crippen LogP contribution in [0.15, 0.2) is 54.7 Å². The Hall–Kier alpha value is -2.26. The van der Waals surface area contributed by atoms with Gasteiger partial charge in [0.1, 0.15) is 0 Å². The topological polar surface area (TPSA) is 36.0 Å². The number of benzene rings is 2. The van der Waals surface area contributed by atoms with Crippen molar-refractivity contribution in [3.63, 3.8) is 0 Å². The van der Waals surface area contributed by atoms with Gasteiger partial charge in [-0.15, -0.1) is 0 Å². The summed E-state index contributed by atoms with van der Waals surface area (Å²) >= 11 is 5.96. The summed E-state index contributed by atoms with van der Waals surface area (Å²) in [4.78, 5) is 6.68. The molecule has 0 atom stereocenters. The minimum atomic E-state index is 0.0592. The van der Waals surface area contributed by atoms with Crippen LogP contribution in [0, 0.1) is 5.92 Å². The van der Waals surface area contributed by atoms with E-state index in [1.54, 1.807) is 12.3 Å². The number of hydrogen-bond donors (Lipinski definition) is 0. The fraction of sp³-hybridized carbons (Fsp3) is 0.286. The smallest absolute Gasteiger partial charge is 0.191 e. The molecule has 3 nitrogen and oxygen atoms in total. The predicted octanol–water partition coefficient (Wildman–Crippen LogP) is 5.49. The van der Waals surface area contributed by atoms with E-state index in [1.165, 1.54) is 5.56 Å². The summed E-state index contributed by atoms with van der Waals surface area (Å²) in [5.41, 5.74) is 3.16. The largest absolute Gasteiger partial charge is 0.371 e. The molecule has 0 saturated carbocycles. The molecule has 1 fully saturated rings. The Labute approximate surface area is 152 Å². The van der Waals surface area contributed by atoms with Crippen molar-refractivity contribution in [1.82, 2.24) is 4.98 Å². The van der Waals surface area contributed by atoms with Gasteiger partial charge in [-0.2, -0.15) is 0 Å². The zero-order valence-corrected chi connectivity index (χ0v) is 14.7. The lowest BCUT2D eigenvalue weighted by Gasteiger charge is -2.34. The maximum Gasteiger partial charge on any atom is 0.191 e. The van der Waals surface area contributed by atoms with E-state index in [0.29, 0.717) is 5.92 Å². The van der Waals surface area contributed by atoms with Gasteiger partial charge in [-0.25, -0.2) is 0 Å². The highest BCUT2D eigenvalue weighted by molar-refractivity contribution is 6.30. The minimum Gasteiger partial charge on any atom is -0.371 e. The highest BCUT2D eigenvalue weighted by atomic mass is 35.5. The first-order valence-corrected chi connectivity index (χ1v) is 9.12. The molecule has 4 rings (SSSR count). The first kappa shape index (κ1) is 16.2. The van der Waals surface area contributed by atoms with Crippen LogP contribution in [0.25, 0.3) is 10.9 Å². The SMILES string of the molecule is [O]c1ccnc2cccc(N3CCC(Cc4ccc(Cl)cc4)CC3)c12. The van der Waals surface area contributed by atoms with Crippen molar-refractivity contribution in [2.24, 2.45) is 5.92 Å². The molecular weight excluding hydrogens is 332 g/mol. The van der Waals surface area contributed by atoms with Crippen LogP contribution in [0.3, 0.4) is 0 Å². The molecule has 1 aromatic heterocycles. The molecule has 0 N–H and O–H groups in total. The van der Waals surface area contributed by atoms with Crippen molar-refractivity contribution in [2.45, 2.75) is 19.3 Å². The van der Waals surface area contributed by atoms with Crippen LogP contribution in [0.1, 0.15) is 18.4 Å². The molecule has 4 heteroatoms. The van der Waals surface area contributed by atoms with Gasteiger partial charge in [0.2, 0.25) is 0 Å². The normalized spacial score (nSPS) is 15.6. The number of pyridine rings is 1. The molecule has 127 valence electrons. The van der Waals surface area contributed by atoms with Crippen LogP contribution in [-0.4, -0.2) is 18.1 Å². The first-order chi connectivity index (χ1) is 12.2. The van der Waals surface area contributed by atoms with Crippen LogP contribution in [0.2, 0.25) is 5.02 Å². The summed E-state index contributed by atoms with van der Waals surface area (Å²) < 4.78 is 0. The van der Waals surface area contributed by atoms with Crippen molar-refractivity contribution in [2.75, 3.05) is 18.0 Å². The highest BCUT2D eigenvalue weighted by Gasteiger charge is 2.22. The standard InChI is InChI=1S/C21H20ClN2O/c22-17-6-4-15(5-7-17)14-16-9-12-24(13-10-16)19-3-1-2-18-21(19)20(25)8-11-23-18/h1-8,11,16H,9-10,12-14H2. The molecule has 0 aliphatic carbocycles. The molecule has 1 aliphatic rings. The quantitative estimate of drug-likeness (QED) is 0.625. The summed E-state index contributed by atoms with van der Waals surface area (Å²) in [5.74, 6) is 0.737. The predicted molar refractivity (Wildman–Crippen MR) is 102 cm³/mol. The van der Waals surface area contributed by atoms with Gasteiger partial charge < -0.3 is 4.90 Å². The highest BCUT2D eigenvalue weighted by Crippen LogP contribution is 2.35. The second-order valence-corrected chi connectivity index (χ2v) is 7.18. The molecule has 1 radical (unpaired) electrons. The summed E-state index contributed by atoms with van der Waals surface area (Å²) in [5, 5.41) is 13.8. The molecule has 0 unspecified atom stereocenters. The molecule has 3 aromatic rings. The lowest BCUT2D eigenvalue weighted by molar-refractivity contribution is 0.359. The third-order valence-corrected chi connectivity index (χ3v) is 5.35. The van der Waals surface area contributed by atoms with E-state index < -0.39 is 0 Å². The van der Waals surface area contributed by atoms with Crippen LogP contribution in [-0.2, 0) is 11.5 Å². The number of halogens is 1. The average molecular weight is 352 g/mol. The number of rotatable bonds is 3. The molecular formula is C21H20ClN2O. The Kier molecular flexibility index (Phi) is 4.50. The van der Waals surface area contributed by atoms with E-state index in [0.717, 1.165) is 54.0 Å². The summed E-state index contributed by atoms with van der Waals surface area (Å²) in [6, 6.07) is 15.7. The fourth-order valence-electron chi connectivity index (χ4n) is 3.75. The van der Waals surface area contributed by atoms with Gasteiger partial charge in [0.25, 0.3) is 0 Å². The molecule has 2 aromatic carbocycles. The lowest BCUT2D eigenvalue weighted by atomic mass is 9.90. The zero-order chi connectivity index (χ0) is 17.2. The van der Waals surface area contributed by atoms with Crippen molar-refractivity contribution in [1.29, 1.82) is 0 Å². The van der Waals surface area contributed by atoms with E-state index in [1.807, 2.05) is 30.3 Å². The second-order valence-electron chi connectivity index (χ2n) is 6.74. The van der Waals surface area contributed by atoms with Gasteiger partial charge in [0.15, 0.2) is 5.75 Å². The number of anilines is 1. The molecule has 0 spiro atoms. The van der Waals surface area contributed by atoms with Gasteiger partial charge in [-0.3, -0.25) is 10.1 Å². The average Bonchev–Trinajstić information content (AvgIpc) is 2.64. The van der Waals surface area contributed by atoms with Crippen LogP contribution in [0.4, 0.5) is 5.69 Å². The number of piperidine rings is 1. The summed E-state index contributed by atoms with van der Waals surface area (Å²) in [6.07, 6.45) is 4.95. The van der Waals surface area contributed by atoms with Crippen LogP contribution < -0.4 is 4.90 Å². The van der Waals surface area contributed by atoms with E-state index >= 15 is 0 Å².